The van der Waals surface area contributed by atoms with E-state index >= 15 is 0 Å². The van der Waals surface area contributed by atoms with Crippen molar-refractivity contribution >= 4 is 6.03 Å². The van der Waals surface area contributed by atoms with Gasteiger partial charge in [-0.25, -0.2) is 4.79 Å². The molecule has 1 aromatic carbocycles. The van der Waals surface area contributed by atoms with Gasteiger partial charge in [-0.3, -0.25) is 0 Å². The van der Waals surface area contributed by atoms with Crippen molar-refractivity contribution in [2.24, 2.45) is 0 Å². The highest BCUT2D eigenvalue weighted by atomic mass is 16.2. The lowest BCUT2D eigenvalue weighted by Crippen LogP contribution is -2.48. The van der Waals surface area contributed by atoms with Gasteiger partial charge in [-0.2, -0.15) is 5.26 Å². The largest absolute Gasteiger partial charge is 0.333 e. The lowest BCUT2D eigenvalue weighted by Gasteiger charge is -2.26. The minimum absolute atomic E-state index is 0.138. The molecule has 0 bridgehead atoms. The highest BCUT2D eigenvalue weighted by Gasteiger charge is 2.19. The number of urea groups is 1. The van der Waals surface area contributed by atoms with Crippen LogP contribution in [0.15, 0.2) is 24.3 Å². The van der Waals surface area contributed by atoms with Crippen LogP contribution in [0.25, 0.3) is 0 Å². The number of nitrogens with one attached hydrogen (secondary N) is 2. The van der Waals surface area contributed by atoms with Gasteiger partial charge < -0.3 is 10.6 Å². The molecule has 0 aromatic heterocycles. The zero-order chi connectivity index (χ0) is 14.5. The van der Waals surface area contributed by atoms with Crippen LogP contribution >= 0.6 is 0 Å². The minimum atomic E-state index is -0.224. The summed E-state index contributed by atoms with van der Waals surface area (Å²) >= 11 is 0. The van der Waals surface area contributed by atoms with Crippen LogP contribution in [-0.4, -0.2) is 11.6 Å². The fourth-order valence-electron chi connectivity index (χ4n) is 1.59. The van der Waals surface area contributed by atoms with E-state index in [4.69, 9.17) is 5.26 Å². The maximum atomic E-state index is 11.9. The van der Waals surface area contributed by atoms with Gasteiger partial charge in [0, 0.05) is 5.54 Å². The molecule has 4 nitrogen and oxygen atoms in total. The molecule has 0 aliphatic heterocycles. The number of hydrogen-bond donors (Lipinski definition) is 2. The van der Waals surface area contributed by atoms with Crippen LogP contribution in [0, 0.1) is 11.3 Å². The number of nitriles is 1. The molecule has 2 amide bonds. The molecular weight excluding hydrogens is 238 g/mol. The van der Waals surface area contributed by atoms with Crippen molar-refractivity contribution < 1.29 is 4.79 Å². The Bertz CT molecular complexity index is 488. The molecule has 0 spiro atoms. The van der Waals surface area contributed by atoms with Gasteiger partial charge in [-0.15, -0.1) is 0 Å². The number of carbonyl (C=O) groups is 1. The van der Waals surface area contributed by atoms with Crippen molar-refractivity contribution in [1.29, 1.82) is 5.26 Å². The van der Waals surface area contributed by atoms with Gasteiger partial charge in [-0.05, 0) is 44.9 Å². The number of nitrogens with zero attached hydrogens (tertiary/aromatic N) is 1. The highest BCUT2D eigenvalue weighted by Crippen LogP contribution is 2.14. The van der Waals surface area contributed by atoms with Crippen LogP contribution in [0.3, 0.4) is 0 Å². The van der Waals surface area contributed by atoms with Crippen molar-refractivity contribution in [3.8, 4) is 6.07 Å². The molecule has 0 fully saturated rings. The summed E-state index contributed by atoms with van der Waals surface area (Å²) in [4.78, 5) is 11.9. The number of rotatable bonds is 4. The van der Waals surface area contributed by atoms with Gasteiger partial charge in [0.15, 0.2) is 0 Å². The molecule has 0 aliphatic rings. The van der Waals surface area contributed by atoms with Crippen molar-refractivity contribution in [3.63, 3.8) is 0 Å². The molecule has 4 heteroatoms. The summed E-state index contributed by atoms with van der Waals surface area (Å²) in [5.41, 5.74) is 1.29. The Morgan fingerprint density at radius 1 is 1.47 bits per heavy atom. The Morgan fingerprint density at radius 3 is 2.74 bits per heavy atom. The monoisotopic (exact) mass is 259 g/mol. The lowest BCUT2D eigenvalue weighted by atomic mass is 10.0. The van der Waals surface area contributed by atoms with Crippen LogP contribution in [0.1, 0.15) is 51.3 Å². The van der Waals surface area contributed by atoms with E-state index in [0.29, 0.717) is 5.56 Å². The first kappa shape index (κ1) is 15.0. The lowest BCUT2D eigenvalue weighted by molar-refractivity contribution is 0.226. The minimum Gasteiger partial charge on any atom is -0.333 e. The molecule has 0 aliphatic carbocycles. The summed E-state index contributed by atoms with van der Waals surface area (Å²) in [5, 5.41) is 14.7. The van der Waals surface area contributed by atoms with E-state index in [-0.39, 0.29) is 17.6 Å². The summed E-state index contributed by atoms with van der Waals surface area (Å²) < 4.78 is 0. The van der Waals surface area contributed by atoms with E-state index in [0.717, 1.165) is 12.0 Å². The molecule has 1 aromatic rings. The van der Waals surface area contributed by atoms with Gasteiger partial charge >= 0.3 is 6.03 Å². The van der Waals surface area contributed by atoms with E-state index in [9.17, 15) is 4.79 Å². The average Bonchev–Trinajstić information content (AvgIpc) is 2.38. The molecule has 0 saturated carbocycles. The van der Waals surface area contributed by atoms with Crippen LogP contribution in [0.5, 0.6) is 0 Å². The topological polar surface area (TPSA) is 64.9 Å². The zero-order valence-corrected chi connectivity index (χ0v) is 11.9. The second-order valence-corrected chi connectivity index (χ2v) is 5.29. The van der Waals surface area contributed by atoms with E-state index in [1.54, 1.807) is 12.1 Å². The molecule has 0 saturated heterocycles. The molecule has 0 heterocycles. The van der Waals surface area contributed by atoms with Gasteiger partial charge in [0.1, 0.15) is 0 Å². The summed E-state index contributed by atoms with van der Waals surface area (Å²) in [7, 11) is 0. The second-order valence-electron chi connectivity index (χ2n) is 5.29. The fourth-order valence-corrected chi connectivity index (χ4v) is 1.59. The number of carbonyl (C=O) groups excluding carboxylic acids is 1. The first-order valence-electron chi connectivity index (χ1n) is 6.46. The summed E-state index contributed by atoms with van der Waals surface area (Å²) in [6.45, 7) is 7.89. The van der Waals surface area contributed by atoms with Crippen LogP contribution in [0.4, 0.5) is 4.79 Å². The fraction of sp³-hybridized carbons (Fsp3) is 0.467. The predicted octanol–water partition coefficient (Wildman–Crippen LogP) is 3.11. The van der Waals surface area contributed by atoms with Gasteiger partial charge in [0.25, 0.3) is 0 Å². The molecule has 0 radical (unpaired) electrons. The Balaban J connectivity index is 2.67. The first-order chi connectivity index (χ1) is 8.88. The van der Waals surface area contributed by atoms with Gasteiger partial charge in [0.05, 0.1) is 17.7 Å². The van der Waals surface area contributed by atoms with E-state index < -0.39 is 0 Å². The molecule has 1 rings (SSSR count). The molecule has 19 heavy (non-hydrogen) atoms. The van der Waals surface area contributed by atoms with Gasteiger partial charge in [0.2, 0.25) is 0 Å². The maximum Gasteiger partial charge on any atom is 0.315 e. The number of amides is 2. The first-order valence-corrected chi connectivity index (χ1v) is 6.46. The average molecular weight is 259 g/mol. The molecule has 1 atom stereocenters. The predicted molar refractivity (Wildman–Crippen MR) is 75.6 cm³/mol. The second kappa shape index (κ2) is 6.24. The highest BCUT2D eigenvalue weighted by molar-refractivity contribution is 5.75. The Hall–Kier alpha value is -2.02. The van der Waals surface area contributed by atoms with E-state index in [2.05, 4.69) is 16.7 Å². The summed E-state index contributed by atoms with van der Waals surface area (Å²) in [5.74, 6) is 0. The smallest absolute Gasteiger partial charge is 0.315 e. The normalized spacial score (nSPS) is 12.4. The van der Waals surface area contributed by atoms with Crippen LogP contribution < -0.4 is 10.6 Å². The SMILES string of the molecule is CCC(C)(C)NC(=O)NC(C)c1cccc(C#N)c1. The van der Waals surface area contributed by atoms with Crippen molar-refractivity contribution in [1.82, 2.24) is 10.6 Å². The Morgan fingerprint density at radius 2 is 2.16 bits per heavy atom. The third-order valence-corrected chi connectivity index (χ3v) is 3.20. The number of hydrogen-bond acceptors (Lipinski definition) is 2. The molecular formula is C15H21N3O. The summed E-state index contributed by atoms with van der Waals surface area (Å²) in [6.07, 6.45) is 0.860. The van der Waals surface area contributed by atoms with Gasteiger partial charge in [-0.1, -0.05) is 19.1 Å². The third kappa shape index (κ3) is 4.63. The quantitative estimate of drug-likeness (QED) is 0.872. The standard InChI is InChI=1S/C15H21N3O/c1-5-15(3,4)18-14(19)17-11(2)13-8-6-7-12(9-13)10-16/h6-9,11H,5H2,1-4H3,(H2,17,18,19). The molecule has 1 unspecified atom stereocenters. The molecule has 102 valence electrons. The Kier molecular flexibility index (Phi) is 4.94. The third-order valence-electron chi connectivity index (χ3n) is 3.20. The van der Waals surface area contributed by atoms with Crippen molar-refractivity contribution in [2.75, 3.05) is 0 Å². The Labute approximate surface area is 114 Å². The summed E-state index contributed by atoms with van der Waals surface area (Å²) in [6, 6.07) is 9.02. The molecule has 2 N–H and O–H groups in total. The number of benzene rings is 1. The van der Waals surface area contributed by atoms with Crippen LogP contribution in [0.2, 0.25) is 0 Å². The van der Waals surface area contributed by atoms with Crippen molar-refractivity contribution in [2.45, 2.75) is 45.7 Å². The van der Waals surface area contributed by atoms with Crippen molar-refractivity contribution in [3.05, 3.63) is 35.4 Å². The van der Waals surface area contributed by atoms with E-state index in [1.807, 2.05) is 39.8 Å². The van der Waals surface area contributed by atoms with Crippen LogP contribution in [-0.2, 0) is 0 Å². The van der Waals surface area contributed by atoms with E-state index in [1.165, 1.54) is 0 Å². The zero-order valence-electron chi connectivity index (χ0n) is 11.9. The maximum absolute atomic E-state index is 11.9.